The first kappa shape index (κ1) is 11.4. The van der Waals surface area contributed by atoms with Gasteiger partial charge in [-0.05, 0) is 33.4 Å². The highest BCUT2D eigenvalue weighted by molar-refractivity contribution is 4.85. The Morgan fingerprint density at radius 2 is 1.80 bits per heavy atom. The molecule has 1 N–H and O–H groups in total. The normalized spacial score (nSPS) is 35.6. The van der Waals surface area contributed by atoms with E-state index < -0.39 is 0 Å². The van der Waals surface area contributed by atoms with Crippen molar-refractivity contribution in [3.63, 3.8) is 0 Å². The Hall–Kier alpha value is -0.120. The van der Waals surface area contributed by atoms with Crippen LogP contribution in [-0.2, 0) is 0 Å². The lowest BCUT2D eigenvalue weighted by molar-refractivity contribution is 0.0837. The number of hydrogen-bond donors (Lipinski definition) is 1. The minimum absolute atomic E-state index is 0.767. The molecule has 1 aliphatic carbocycles. The van der Waals surface area contributed by atoms with Crippen molar-refractivity contribution < 1.29 is 0 Å². The molecule has 3 heteroatoms. The number of piperazine rings is 1. The molecule has 2 fully saturated rings. The van der Waals surface area contributed by atoms with Gasteiger partial charge in [-0.2, -0.15) is 0 Å². The second kappa shape index (κ2) is 5.28. The molecular formula is C12H25N3. The maximum Gasteiger partial charge on any atom is 0.0113 e. The minimum atomic E-state index is 0.767. The number of nitrogens with one attached hydrogen (secondary N) is 1. The van der Waals surface area contributed by atoms with Gasteiger partial charge in [-0.15, -0.1) is 0 Å². The second-order valence-electron chi connectivity index (χ2n) is 5.15. The van der Waals surface area contributed by atoms with Crippen molar-refractivity contribution in [2.45, 2.75) is 37.8 Å². The highest BCUT2D eigenvalue weighted by atomic mass is 15.3. The zero-order valence-corrected chi connectivity index (χ0v) is 10.2. The quantitative estimate of drug-likeness (QED) is 0.728. The maximum atomic E-state index is 3.44. The Kier molecular flexibility index (Phi) is 4.00. The van der Waals surface area contributed by atoms with Crippen molar-refractivity contribution >= 4 is 0 Å². The van der Waals surface area contributed by atoms with E-state index in [4.69, 9.17) is 0 Å². The van der Waals surface area contributed by atoms with Crippen LogP contribution in [0.4, 0.5) is 0 Å². The van der Waals surface area contributed by atoms with Gasteiger partial charge in [-0.1, -0.05) is 6.42 Å². The van der Waals surface area contributed by atoms with Crippen LogP contribution in [-0.4, -0.2) is 62.2 Å². The molecule has 0 radical (unpaired) electrons. The monoisotopic (exact) mass is 211 g/mol. The molecule has 1 aliphatic heterocycles. The summed E-state index contributed by atoms with van der Waals surface area (Å²) in [7, 11) is 4.34. The van der Waals surface area contributed by atoms with E-state index in [1.165, 1.54) is 51.9 Å². The molecule has 1 heterocycles. The molecule has 1 saturated heterocycles. The predicted molar refractivity (Wildman–Crippen MR) is 64.2 cm³/mol. The summed E-state index contributed by atoms with van der Waals surface area (Å²) < 4.78 is 0. The maximum absolute atomic E-state index is 3.44. The third-order valence-corrected chi connectivity index (χ3v) is 4.11. The molecule has 2 aliphatic rings. The zero-order valence-electron chi connectivity index (χ0n) is 10.2. The molecule has 3 nitrogen and oxygen atoms in total. The van der Waals surface area contributed by atoms with Crippen molar-refractivity contribution in [3.8, 4) is 0 Å². The van der Waals surface area contributed by atoms with E-state index in [0.29, 0.717) is 0 Å². The molecule has 0 spiro atoms. The van der Waals surface area contributed by atoms with Crippen molar-refractivity contribution in [2.24, 2.45) is 0 Å². The molecule has 2 atom stereocenters. The summed E-state index contributed by atoms with van der Waals surface area (Å²) in [5, 5.41) is 3.44. The van der Waals surface area contributed by atoms with Gasteiger partial charge in [-0.25, -0.2) is 0 Å². The first-order chi connectivity index (χ1) is 7.29. The molecular weight excluding hydrogens is 186 g/mol. The SMILES string of the molecule is CN[C@H]1CCC[C@H](N2CCN(C)CC2)C1. The lowest BCUT2D eigenvalue weighted by Crippen LogP contribution is -2.51. The average molecular weight is 211 g/mol. The van der Waals surface area contributed by atoms with E-state index in [9.17, 15) is 0 Å². The third kappa shape index (κ3) is 2.92. The largest absolute Gasteiger partial charge is 0.317 e. The summed E-state index contributed by atoms with van der Waals surface area (Å²) in [5.74, 6) is 0. The highest BCUT2D eigenvalue weighted by Crippen LogP contribution is 2.23. The van der Waals surface area contributed by atoms with E-state index >= 15 is 0 Å². The highest BCUT2D eigenvalue weighted by Gasteiger charge is 2.27. The topological polar surface area (TPSA) is 18.5 Å². The van der Waals surface area contributed by atoms with Gasteiger partial charge >= 0.3 is 0 Å². The van der Waals surface area contributed by atoms with Gasteiger partial charge in [0.25, 0.3) is 0 Å². The van der Waals surface area contributed by atoms with Crippen molar-refractivity contribution in [1.29, 1.82) is 0 Å². The summed E-state index contributed by atoms with van der Waals surface area (Å²) in [6.45, 7) is 5.05. The van der Waals surface area contributed by atoms with Gasteiger partial charge in [0.2, 0.25) is 0 Å². The average Bonchev–Trinajstić information content (AvgIpc) is 2.30. The number of hydrogen-bond acceptors (Lipinski definition) is 3. The summed E-state index contributed by atoms with van der Waals surface area (Å²) in [4.78, 5) is 5.15. The van der Waals surface area contributed by atoms with Crippen LogP contribution < -0.4 is 5.32 Å². The lowest BCUT2D eigenvalue weighted by atomic mass is 9.89. The van der Waals surface area contributed by atoms with Crippen LogP contribution in [0.25, 0.3) is 0 Å². The van der Waals surface area contributed by atoms with Crippen LogP contribution in [0.15, 0.2) is 0 Å². The minimum Gasteiger partial charge on any atom is -0.317 e. The first-order valence-electron chi connectivity index (χ1n) is 6.39. The predicted octanol–water partition coefficient (Wildman–Crippen LogP) is 0.764. The van der Waals surface area contributed by atoms with Crippen molar-refractivity contribution in [2.75, 3.05) is 40.3 Å². The molecule has 0 amide bonds. The Labute approximate surface area is 93.8 Å². The molecule has 0 aromatic carbocycles. The molecule has 0 unspecified atom stereocenters. The van der Waals surface area contributed by atoms with Gasteiger partial charge in [0.15, 0.2) is 0 Å². The molecule has 0 bridgehead atoms. The van der Waals surface area contributed by atoms with Crippen molar-refractivity contribution in [3.05, 3.63) is 0 Å². The Balaban J connectivity index is 1.82. The Morgan fingerprint density at radius 1 is 1.07 bits per heavy atom. The first-order valence-corrected chi connectivity index (χ1v) is 6.39. The van der Waals surface area contributed by atoms with E-state index in [0.717, 1.165) is 12.1 Å². The molecule has 15 heavy (non-hydrogen) atoms. The zero-order chi connectivity index (χ0) is 10.7. The fourth-order valence-corrected chi connectivity index (χ4v) is 2.94. The molecule has 1 saturated carbocycles. The van der Waals surface area contributed by atoms with E-state index in [2.05, 4.69) is 29.2 Å². The van der Waals surface area contributed by atoms with Crippen molar-refractivity contribution in [1.82, 2.24) is 15.1 Å². The van der Waals surface area contributed by atoms with Gasteiger partial charge in [0, 0.05) is 38.3 Å². The summed E-state index contributed by atoms with van der Waals surface area (Å²) >= 11 is 0. The van der Waals surface area contributed by atoms with Gasteiger partial charge < -0.3 is 10.2 Å². The molecule has 2 rings (SSSR count). The molecule has 0 aromatic rings. The fourth-order valence-electron chi connectivity index (χ4n) is 2.94. The molecule has 0 aromatic heterocycles. The van der Waals surface area contributed by atoms with Crippen LogP contribution >= 0.6 is 0 Å². The van der Waals surface area contributed by atoms with Crippen LogP contribution in [0, 0.1) is 0 Å². The van der Waals surface area contributed by atoms with Crippen LogP contribution in [0.3, 0.4) is 0 Å². The van der Waals surface area contributed by atoms with E-state index in [1.54, 1.807) is 0 Å². The number of rotatable bonds is 2. The van der Waals surface area contributed by atoms with Crippen LogP contribution in [0.1, 0.15) is 25.7 Å². The Morgan fingerprint density at radius 3 is 2.47 bits per heavy atom. The van der Waals surface area contributed by atoms with Crippen LogP contribution in [0.5, 0.6) is 0 Å². The van der Waals surface area contributed by atoms with Gasteiger partial charge in [0.1, 0.15) is 0 Å². The second-order valence-corrected chi connectivity index (χ2v) is 5.15. The van der Waals surface area contributed by atoms with E-state index in [1.807, 2.05) is 0 Å². The summed E-state index contributed by atoms with van der Waals surface area (Å²) in [5.41, 5.74) is 0. The summed E-state index contributed by atoms with van der Waals surface area (Å²) in [6, 6.07) is 1.62. The van der Waals surface area contributed by atoms with Crippen LogP contribution in [0.2, 0.25) is 0 Å². The Bertz CT molecular complexity index is 187. The third-order valence-electron chi connectivity index (χ3n) is 4.11. The van der Waals surface area contributed by atoms with E-state index in [-0.39, 0.29) is 0 Å². The number of likely N-dealkylation sites (N-methyl/N-ethyl adjacent to an activating group) is 1. The summed E-state index contributed by atoms with van der Waals surface area (Å²) in [6.07, 6.45) is 5.56. The van der Waals surface area contributed by atoms with Gasteiger partial charge in [-0.3, -0.25) is 4.90 Å². The number of nitrogens with zero attached hydrogens (tertiary/aromatic N) is 2. The van der Waals surface area contributed by atoms with Gasteiger partial charge in [0.05, 0.1) is 0 Å². The lowest BCUT2D eigenvalue weighted by Gasteiger charge is -2.41. The fraction of sp³-hybridized carbons (Fsp3) is 1.00. The molecule has 88 valence electrons. The standard InChI is InChI=1S/C12H25N3/c1-13-11-4-3-5-12(10-11)15-8-6-14(2)7-9-15/h11-13H,3-10H2,1-2H3/t11-,12-/m0/s1. The smallest absolute Gasteiger partial charge is 0.0113 e.